The Morgan fingerprint density at radius 2 is 1.79 bits per heavy atom. The third kappa shape index (κ3) is 5.01. The van der Waals surface area contributed by atoms with E-state index in [0.717, 1.165) is 0 Å². The molecule has 3 aromatic rings. The number of ether oxygens (including phenoxy) is 1. The van der Waals surface area contributed by atoms with Crippen molar-refractivity contribution >= 4 is 17.5 Å². The molecule has 0 aliphatic rings. The summed E-state index contributed by atoms with van der Waals surface area (Å²) in [4.78, 5) is 31.1. The lowest BCUT2D eigenvalue weighted by atomic mass is 10.1. The van der Waals surface area contributed by atoms with Crippen molar-refractivity contribution in [3.8, 4) is 11.5 Å². The minimum Gasteiger partial charge on any atom is -0.457 e. The number of nitro benzene ring substituents is 1. The smallest absolute Gasteiger partial charge is 0.270 e. The van der Waals surface area contributed by atoms with Crippen molar-refractivity contribution in [3.05, 3.63) is 82.7 Å². The molecule has 0 saturated heterocycles. The Bertz CT molecular complexity index is 951. The summed E-state index contributed by atoms with van der Waals surface area (Å²) in [6, 6.07) is 14.5. The van der Waals surface area contributed by atoms with Gasteiger partial charge in [-0.1, -0.05) is 18.2 Å². The summed E-state index contributed by atoms with van der Waals surface area (Å²) in [7, 11) is 0. The zero-order chi connectivity index (χ0) is 19.8. The Hall–Kier alpha value is -4.01. The summed E-state index contributed by atoms with van der Waals surface area (Å²) in [5, 5.41) is 16.7. The fraction of sp³-hybridized carbons (Fsp3) is 0.105. The SMILES string of the molecule is O=C(NCCNc1ncccn1)c1cc([N+](=O)[O-])ccc1Oc1ccccc1. The molecule has 0 aliphatic heterocycles. The zero-order valence-corrected chi connectivity index (χ0v) is 14.7. The van der Waals surface area contributed by atoms with E-state index in [-0.39, 0.29) is 23.5 Å². The number of nitrogens with zero attached hydrogens (tertiary/aromatic N) is 3. The number of nitrogens with one attached hydrogen (secondary N) is 2. The Morgan fingerprint density at radius 1 is 1.04 bits per heavy atom. The molecule has 0 radical (unpaired) electrons. The molecule has 28 heavy (non-hydrogen) atoms. The van der Waals surface area contributed by atoms with E-state index in [1.54, 1.807) is 42.7 Å². The molecule has 1 amide bonds. The molecule has 3 rings (SSSR count). The van der Waals surface area contributed by atoms with Gasteiger partial charge in [0.15, 0.2) is 0 Å². The van der Waals surface area contributed by atoms with E-state index in [4.69, 9.17) is 4.74 Å². The van der Waals surface area contributed by atoms with Gasteiger partial charge in [-0.2, -0.15) is 0 Å². The second kappa shape index (κ2) is 9.08. The molecule has 142 valence electrons. The monoisotopic (exact) mass is 379 g/mol. The molecule has 0 saturated carbocycles. The number of aromatic nitrogens is 2. The number of carbonyl (C=O) groups excluding carboxylic acids is 1. The minimum atomic E-state index is -0.558. The number of para-hydroxylation sites is 1. The van der Waals surface area contributed by atoms with Crippen LogP contribution in [0.4, 0.5) is 11.6 Å². The van der Waals surface area contributed by atoms with E-state index in [9.17, 15) is 14.9 Å². The predicted molar refractivity (Wildman–Crippen MR) is 102 cm³/mol. The summed E-state index contributed by atoms with van der Waals surface area (Å²) < 4.78 is 5.72. The normalized spacial score (nSPS) is 10.1. The Labute approximate surface area is 160 Å². The lowest BCUT2D eigenvalue weighted by Crippen LogP contribution is -2.29. The van der Waals surface area contributed by atoms with Crippen LogP contribution in [0.2, 0.25) is 0 Å². The van der Waals surface area contributed by atoms with Crippen molar-refractivity contribution in [3.63, 3.8) is 0 Å². The van der Waals surface area contributed by atoms with E-state index in [1.165, 1.54) is 18.2 Å². The molecule has 1 heterocycles. The van der Waals surface area contributed by atoms with Gasteiger partial charge in [-0.05, 0) is 24.3 Å². The first-order valence-electron chi connectivity index (χ1n) is 8.44. The molecule has 2 aromatic carbocycles. The second-order valence-corrected chi connectivity index (χ2v) is 5.61. The lowest BCUT2D eigenvalue weighted by molar-refractivity contribution is -0.384. The highest BCUT2D eigenvalue weighted by atomic mass is 16.6. The quantitative estimate of drug-likeness (QED) is 0.351. The molecule has 9 nitrogen and oxygen atoms in total. The van der Waals surface area contributed by atoms with Gasteiger partial charge in [0.05, 0.1) is 10.5 Å². The molecule has 0 unspecified atom stereocenters. The van der Waals surface area contributed by atoms with Gasteiger partial charge in [0, 0.05) is 37.6 Å². The van der Waals surface area contributed by atoms with Crippen LogP contribution in [-0.2, 0) is 0 Å². The number of amides is 1. The molecule has 2 N–H and O–H groups in total. The maximum Gasteiger partial charge on any atom is 0.270 e. The van der Waals surface area contributed by atoms with Crippen LogP contribution in [0.3, 0.4) is 0 Å². The van der Waals surface area contributed by atoms with Crippen LogP contribution < -0.4 is 15.4 Å². The lowest BCUT2D eigenvalue weighted by Gasteiger charge is -2.12. The van der Waals surface area contributed by atoms with Gasteiger partial charge < -0.3 is 15.4 Å². The fourth-order valence-electron chi connectivity index (χ4n) is 2.35. The van der Waals surface area contributed by atoms with Gasteiger partial charge in [0.25, 0.3) is 11.6 Å². The molecule has 9 heteroatoms. The van der Waals surface area contributed by atoms with E-state index in [2.05, 4.69) is 20.6 Å². The standard InChI is InChI=1S/C19H17N5O4/c25-18(20-11-12-23-19-21-9-4-10-22-19)16-13-14(24(26)27)7-8-17(16)28-15-5-2-1-3-6-15/h1-10,13H,11-12H2,(H,20,25)(H,21,22,23). The number of nitro groups is 1. The first kappa shape index (κ1) is 18.8. The number of hydrogen-bond acceptors (Lipinski definition) is 7. The van der Waals surface area contributed by atoms with E-state index in [1.807, 2.05) is 6.07 Å². The summed E-state index contributed by atoms with van der Waals surface area (Å²) in [6.07, 6.45) is 3.20. The zero-order valence-electron chi connectivity index (χ0n) is 14.7. The second-order valence-electron chi connectivity index (χ2n) is 5.61. The van der Waals surface area contributed by atoms with Gasteiger partial charge in [-0.3, -0.25) is 14.9 Å². The highest BCUT2D eigenvalue weighted by Gasteiger charge is 2.18. The van der Waals surface area contributed by atoms with Crippen LogP contribution in [-0.4, -0.2) is 33.9 Å². The average molecular weight is 379 g/mol. The maximum atomic E-state index is 12.6. The van der Waals surface area contributed by atoms with E-state index < -0.39 is 10.8 Å². The summed E-state index contributed by atoms with van der Waals surface area (Å²) in [6.45, 7) is 0.657. The number of non-ortho nitro benzene ring substituents is 1. The van der Waals surface area contributed by atoms with Crippen molar-refractivity contribution in [2.45, 2.75) is 0 Å². The predicted octanol–water partition coefficient (Wildman–Crippen LogP) is 3.02. The first-order chi connectivity index (χ1) is 13.6. The number of carbonyl (C=O) groups is 1. The van der Waals surface area contributed by atoms with Gasteiger partial charge in [-0.25, -0.2) is 9.97 Å². The molecule has 1 aromatic heterocycles. The van der Waals surface area contributed by atoms with Crippen molar-refractivity contribution in [1.29, 1.82) is 0 Å². The summed E-state index contributed by atoms with van der Waals surface area (Å²) >= 11 is 0. The summed E-state index contributed by atoms with van der Waals surface area (Å²) in [5.41, 5.74) is -0.115. The molecule has 0 aliphatic carbocycles. The highest BCUT2D eigenvalue weighted by Crippen LogP contribution is 2.28. The number of hydrogen-bond donors (Lipinski definition) is 2. The van der Waals surface area contributed by atoms with Crippen molar-refractivity contribution in [1.82, 2.24) is 15.3 Å². The third-order valence-corrected chi connectivity index (χ3v) is 3.65. The van der Waals surface area contributed by atoms with Crippen LogP contribution in [0, 0.1) is 10.1 Å². The van der Waals surface area contributed by atoms with Crippen LogP contribution in [0.25, 0.3) is 0 Å². The van der Waals surface area contributed by atoms with Gasteiger partial charge >= 0.3 is 0 Å². The van der Waals surface area contributed by atoms with Gasteiger partial charge in [-0.15, -0.1) is 0 Å². The van der Waals surface area contributed by atoms with Crippen LogP contribution in [0.15, 0.2) is 67.0 Å². The average Bonchev–Trinajstić information content (AvgIpc) is 2.72. The summed E-state index contributed by atoms with van der Waals surface area (Å²) in [5.74, 6) is 0.715. The topological polar surface area (TPSA) is 119 Å². The minimum absolute atomic E-state index is 0.0778. The van der Waals surface area contributed by atoms with Gasteiger partial charge in [0.2, 0.25) is 5.95 Å². The Balaban J connectivity index is 1.69. The number of benzene rings is 2. The van der Waals surface area contributed by atoms with Crippen LogP contribution >= 0.6 is 0 Å². The van der Waals surface area contributed by atoms with Crippen LogP contribution in [0.1, 0.15) is 10.4 Å². The molecular formula is C19H17N5O4. The van der Waals surface area contributed by atoms with E-state index >= 15 is 0 Å². The van der Waals surface area contributed by atoms with Crippen molar-refractivity contribution in [2.75, 3.05) is 18.4 Å². The molecule has 0 spiro atoms. The number of anilines is 1. The first-order valence-corrected chi connectivity index (χ1v) is 8.44. The van der Waals surface area contributed by atoms with Gasteiger partial charge in [0.1, 0.15) is 11.5 Å². The number of rotatable bonds is 8. The Kier molecular flexibility index (Phi) is 6.09. The molecule has 0 fully saturated rings. The third-order valence-electron chi connectivity index (χ3n) is 3.65. The molecular weight excluding hydrogens is 362 g/mol. The highest BCUT2D eigenvalue weighted by molar-refractivity contribution is 5.97. The van der Waals surface area contributed by atoms with Crippen LogP contribution in [0.5, 0.6) is 11.5 Å². The maximum absolute atomic E-state index is 12.6. The molecule has 0 bridgehead atoms. The van der Waals surface area contributed by atoms with Crippen molar-refractivity contribution in [2.24, 2.45) is 0 Å². The largest absolute Gasteiger partial charge is 0.457 e. The Morgan fingerprint density at radius 3 is 2.50 bits per heavy atom. The molecule has 0 atom stereocenters. The fourth-order valence-corrected chi connectivity index (χ4v) is 2.35. The van der Waals surface area contributed by atoms with Crippen molar-refractivity contribution < 1.29 is 14.5 Å². The van der Waals surface area contributed by atoms with E-state index in [0.29, 0.717) is 18.2 Å².